The smallest absolute Gasteiger partial charge is 0.131 e. The van der Waals surface area contributed by atoms with Gasteiger partial charge in [0.2, 0.25) is 0 Å². The maximum Gasteiger partial charge on any atom is 0.131 e. The van der Waals surface area contributed by atoms with Crippen molar-refractivity contribution in [3.8, 4) is 16.9 Å². The van der Waals surface area contributed by atoms with Gasteiger partial charge in [0.1, 0.15) is 14.6 Å². The summed E-state index contributed by atoms with van der Waals surface area (Å²) in [6.45, 7) is 0. The molecule has 2 nitrogen and oxygen atoms in total. The lowest BCUT2D eigenvalue weighted by molar-refractivity contribution is 0.638. The SMILES string of the molecule is O.c1ccc2c(c1)OPc1ccccc1-2. The largest absolute Gasteiger partial charge is 0.472 e. The Hall–Kier alpha value is -1.37. The fourth-order valence-corrected chi connectivity index (χ4v) is 2.59. The van der Waals surface area contributed by atoms with E-state index in [-0.39, 0.29) is 5.48 Å². The summed E-state index contributed by atoms with van der Waals surface area (Å²) >= 11 is 0. The summed E-state index contributed by atoms with van der Waals surface area (Å²) in [6, 6.07) is 16.6. The Morgan fingerprint density at radius 3 is 2.33 bits per heavy atom. The van der Waals surface area contributed by atoms with Crippen molar-refractivity contribution in [2.24, 2.45) is 0 Å². The van der Waals surface area contributed by atoms with E-state index in [0.717, 1.165) is 5.75 Å². The van der Waals surface area contributed by atoms with Gasteiger partial charge in [0, 0.05) is 10.9 Å². The predicted octanol–water partition coefficient (Wildman–Crippen LogP) is 2.14. The van der Waals surface area contributed by atoms with Gasteiger partial charge in [0.25, 0.3) is 0 Å². The average molecular weight is 218 g/mol. The van der Waals surface area contributed by atoms with Crippen molar-refractivity contribution in [3.05, 3.63) is 48.5 Å². The highest BCUT2D eigenvalue weighted by Crippen LogP contribution is 2.38. The van der Waals surface area contributed by atoms with Crippen molar-refractivity contribution >= 4 is 14.1 Å². The summed E-state index contributed by atoms with van der Waals surface area (Å²) < 4.78 is 5.68. The number of rotatable bonds is 0. The summed E-state index contributed by atoms with van der Waals surface area (Å²) in [5.41, 5.74) is 2.52. The van der Waals surface area contributed by atoms with Crippen molar-refractivity contribution in [2.75, 3.05) is 0 Å². The van der Waals surface area contributed by atoms with Gasteiger partial charge in [-0.1, -0.05) is 42.5 Å². The zero-order valence-corrected chi connectivity index (χ0v) is 9.03. The second kappa shape index (κ2) is 4.01. The lowest BCUT2D eigenvalue weighted by atomic mass is 10.0. The molecule has 1 aliphatic rings. The number of hydrogen-bond acceptors (Lipinski definition) is 1. The quantitative estimate of drug-likeness (QED) is 0.624. The first-order chi connectivity index (χ1) is 6.95. The minimum Gasteiger partial charge on any atom is -0.472 e. The summed E-state index contributed by atoms with van der Waals surface area (Å²) in [6.07, 6.45) is 0. The molecule has 0 aromatic heterocycles. The topological polar surface area (TPSA) is 40.7 Å². The maximum absolute atomic E-state index is 5.68. The van der Waals surface area contributed by atoms with E-state index in [1.54, 1.807) is 0 Å². The molecule has 1 atom stereocenters. The molecule has 0 spiro atoms. The molecule has 1 unspecified atom stereocenters. The van der Waals surface area contributed by atoms with E-state index < -0.39 is 0 Å². The van der Waals surface area contributed by atoms with Crippen LogP contribution in [-0.4, -0.2) is 5.48 Å². The van der Waals surface area contributed by atoms with Crippen LogP contribution in [0.25, 0.3) is 11.1 Å². The first-order valence-electron chi connectivity index (χ1n) is 4.56. The molecule has 0 fully saturated rings. The Morgan fingerprint density at radius 1 is 0.800 bits per heavy atom. The van der Waals surface area contributed by atoms with Crippen molar-refractivity contribution < 1.29 is 10.00 Å². The number of para-hydroxylation sites is 1. The minimum atomic E-state index is 0. The lowest BCUT2D eigenvalue weighted by Gasteiger charge is -2.19. The Bertz CT molecular complexity index is 437. The molecule has 2 aromatic rings. The third-order valence-corrected chi connectivity index (χ3v) is 3.35. The summed E-state index contributed by atoms with van der Waals surface area (Å²) in [5, 5.41) is 1.30. The summed E-state index contributed by atoms with van der Waals surface area (Å²) in [7, 11) is 0.440. The van der Waals surface area contributed by atoms with Gasteiger partial charge in [-0.3, -0.25) is 0 Å². The van der Waals surface area contributed by atoms with Crippen molar-refractivity contribution in [1.82, 2.24) is 0 Å². The van der Waals surface area contributed by atoms with Crippen LogP contribution in [0.1, 0.15) is 0 Å². The highest BCUT2D eigenvalue weighted by Gasteiger charge is 2.15. The second-order valence-corrected chi connectivity index (χ2v) is 4.19. The van der Waals surface area contributed by atoms with E-state index in [1.165, 1.54) is 16.4 Å². The van der Waals surface area contributed by atoms with Crippen LogP contribution in [0.15, 0.2) is 48.5 Å². The van der Waals surface area contributed by atoms with Gasteiger partial charge in [-0.2, -0.15) is 0 Å². The zero-order chi connectivity index (χ0) is 9.38. The molecular weight excluding hydrogens is 207 g/mol. The number of benzene rings is 2. The van der Waals surface area contributed by atoms with Crippen LogP contribution >= 0.6 is 8.81 Å². The molecule has 0 aliphatic carbocycles. The van der Waals surface area contributed by atoms with Gasteiger partial charge < -0.3 is 10.00 Å². The van der Waals surface area contributed by atoms with E-state index in [2.05, 4.69) is 30.3 Å². The van der Waals surface area contributed by atoms with Gasteiger partial charge >= 0.3 is 0 Å². The third-order valence-electron chi connectivity index (χ3n) is 2.38. The Kier molecular flexibility index (Phi) is 2.72. The third kappa shape index (κ3) is 1.63. The Morgan fingerprint density at radius 2 is 1.47 bits per heavy atom. The van der Waals surface area contributed by atoms with E-state index in [4.69, 9.17) is 4.52 Å². The molecule has 0 radical (unpaired) electrons. The van der Waals surface area contributed by atoms with E-state index in [9.17, 15) is 0 Å². The van der Waals surface area contributed by atoms with Crippen molar-refractivity contribution in [2.45, 2.75) is 0 Å². The predicted molar refractivity (Wildman–Crippen MR) is 64.1 cm³/mol. The van der Waals surface area contributed by atoms with Crippen LogP contribution < -0.4 is 9.83 Å². The van der Waals surface area contributed by atoms with Crippen molar-refractivity contribution in [3.63, 3.8) is 0 Å². The highest BCUT2D eigenvalue weighted by molar-refractivity contribution is 7.43. The molecule has 0 bridgehead atoms. The zero-order valence-electron chi connectivity index (χ0n) is 8.03. The minimum absolute atomic E-state index is 0. The normalized spacial score (nSPS) is 13.3. The Balaban J connectivity index is 0.000000853. The molecule has 1 aliphatic heterocycles. The van der Waals surface area contributed by atoms with Crippen LogP contribution in [0.4, 0.5) is 0 Å². The average Bonchev–Trinajstić information content (AvgIpc) is 2.29. The highest BCUT2D eigenvalue weighted by atomic mass is 31.1. The van der Waals surface area contributed by atoms with E-state index in [1.807, 2.05) is 18.2 Å². The first kappa shape index (κ1) is 10.2. The molecule has 15 heavy (non-hydrogen) atoms. The van der Waals surface area contributed by atoms with Gasteiger partial charge in [-0.25, -0.2) is 0 Å². The first-order valence-corrected chi connectivity index (χ1v) is 5.47. The molecule has 2 aromatic carbocycles. The number of fused-ring (bicyclic) bond motifs is 3. The standard InChI is InChI=1S/C12H9OP.H2O/c1-3-7-11-9(5-1)10-6-2-4-8-12(10)14-13-11;/h1-8,14H;1H2. The molecule has 0 saturated carbocycles. The molecule has 0 amide bonds. The van der Waals surface area contributed by atoms with Crippen LogP contribution in [0.2, 0.25) is 0 Å². The number of hydrogen-bond donors (Lipinski definition) is 0. The van der Waals surface area contributed by atoms with Gasteiger partial charge in [0.15, 0.2) is 0 Å². The molecule has 3 heteroatoms. The fourth-order valence-electron chi connectivity index (χ4n) is 1.70. The second-order valence-electron chi connectivity index (χ2n) is 3.25. The molecule has 2 N–H and O–H groups in total. The van der Waals surface area contributed by atoms with Crippen LogP contribution in [-0.2, 0) is 0 Å². The Labute approximate surface area is 90.1 Å². The van der Waals surface area contributed by atoms with E-state index >= 15 is 0 Å². The molecule has 1 heterocycles. The summed E-state index contributed by atoms with van der Waals surface area (Å²) in [4.78, 5) is 0. The molecule has 3 rings (SSSR count). The van der Waals surface area contributed by atoms with Crippen LogP contribution in [0, 0.1) is 0 Å². The lowest BCUT2D eigenvalue weighted by Crippen LogP contribution is -2.06. The summed E-state index contributed by atoms with van der Waals surface area (Å²) in [5.74, 6) is 1.00. The monoisotopic (exact) mass is 218 g/mol. The van der Waals surface area contributed by atoms with Crippen molar-refractivity contribution in [1.29, 1.82) is 0 Å². The van der Waals surface area contributed by atoms with Crippen LogP contribution in [0.5, 0.6) is 5.75 Å². The molecular formula is C12H11O2P. The van der Waals surface area contributed by atoms with Gasteiger partial charge in [-0.15, -0.1) is 0 Å². The molecule has 76 valence electrons. The maximum atomic E-state index is 5.68. The molecule has 0 saturated heterocycles. The van der Waals surface area contributed by atoms with E-state index in [0.29, 0.717) is 8.81 Å². The van der Waals surface area contributed by atoms with Crippen LogP contribution in [0.3, 0.4) is 0 Å². The van der Waals surface area contributed by atoms with Gasteiger partial charge in [0.05, 0.1) is 0 Å². The fraction of sp³-hybridized carbons (Fsp3) is 0. The van der Waals surface area contributed by atoms with Gasteiger partial charge in [-0.05, 0) is 11.6 Å².